The monoisotopic (exact) mass is 277 g/mol. The maximum Gasteiger partial charge on any atom is 0.0701 e. The van der Waals surface area contributed by atoms with E-state index in [1.54, 1.807) is 11.3 Å². The van der Waals surface area contributed by atoms with Gasteiger partial charge in [0.05, 0.1) is 10.4 Å². The van der Waals surface area contributed by atoms with Crippen LogP contribution in [0.15, 0.2) is 15.9 Å². The smallest absolute Gasteiger partial charge is 0.0701 e. The summed E-state index contributed by atoms with van der Waals surface area (Å²) in [5.74, 6) is 0. The zero-order chi connectivity index (χ0) is 10.6. The van der Waals surface area contributed by atoms with Crippen LogP contribution in [0.4, 0.5) is 0 Å². The molecule has 0 aliphatic rings. The summed E-state index contributed by atoms with van der Waals surface area (Å²) in [7, 11) is 0. The molecule has 0 aliphatic carbocycles. The molecule has 1 rings (SSSR count). The SMILES string of the molecule is CC(C)N(CCO)Cc1ccc(Br)s1. The molecule has 0 aromatic carbocycles. The maximum absolute atomic E-state index is 8.92. The third kappa shape index (κ3) is 3.69. The number of hydrogen-bond acceptors (Lipinski definition) is 3. The fraction of sp³-hybridized carbons (Fsp3) is 0.600. The molecule has 0 aliphatic heterocycles. The van der Waals surface area contributed by atoms with Crippen molar-refractivity contribution in [3.05, 3.63) is 20.8 Å². The summed E-state index contributed by atoms with van der Waals surface area (Å²) in [6.07, 6.45) is 0. The quantitative estimate of drug-likeness (QED) is 0.895. The van der Waals surface area contributed by atoms with E-state index in [-0.39, 0.29) is 6.61 Å². The van der Waals surface area contributed by atoms with Crippen molar-refractivity contribution >= 4 is 27.3 Å². The molecule has 0 atom stereocenters. The maximum atomic E-state index is 8.92. The van der Waals surface area contributed by atoms with Crippen LogP contribution in [-0.2, 0) is 6.54 Å². The first-order valence-corrected chi connectivity index (χ1v) is 6.33. The molecule has 0 amide bonds. The molecule has 4 heteroatoms. The first-order valence-electron chi connectivity index (χ1n) is 4.72. The molecule has 2 nitrogen and oxygen atoms in total. The Morgan fingerprint density at radius 2 is 2.21 bits per heavy atom. The highest BCUT2D eigenvalue weighted by molar-refractivity contribution is 9.11. The minimum atomic E-state index is 0.227. The van der Waals surface area contributed by atoms with Gasteiger partial charge in [-0.15, -0.1) is 11.3 Å². The number of hydrogen-bond donors (Lipinski definition) is 1. The molecule has 80 valence electrons. The zero-order valence-electron chi connectivity index (χ0n) is 8.53. The van der Waals surface area contributed by atoms with Crippen LogP contribution in [0, 0.1) is 0 Å². The van der Waals surface area contributed by atoms with Gasteiger partial charge in [0.25, 0.3) is 0 Å². The Morgan fingerprint density at radius 3 is 2.64 bits per heavy atom. The molecule has 1 aromatic heterocycles. The summed E-state index contributed by atoms with van der Waals surface area (Å²) in [4.78, 5) is 3.59. The van der Waals surface area contributed by atoms with Gasteiger partial charge >= 0.3 is 0 Å². The van der Waals surface area contributed by atoms with E-state index in [1.165, 1.54) is 8.66 Å². The predicted molar refractivity (Wildman–Crippen MR) is 64.7 cm³/mol. The summed E-state index contributed by atoms with van der Waals surface area (Å²) in [5, 5.41) is 8.92. The predicted octanol–water partition coefficient (Wildman–Crippen LogP) is 2.71. The lowest BCUT2D eigenvalue weighted by atomic mass is 10.3. The molecule has 0 radical (unpaired) electrons. The molecule has 0 bridgehead atoms. The molecule has 1 N–H and O–H groups in total. The van der Waals surface area contributed by atoms with Gasteiger partial charge in [-0.2, -0.15) is 0 Å². The van der Waals surface area contributed by atoms with E-state index in [1.807, 2.05) is 0 Å². The number of halogens is 1. The number of aliphatic hydroxyl groups excluding tert-OH is 1. The van der Waals surface area contributed by atoms with Gasteiger partial charge in [0.2, 0.25) is 0 Å². The van der Waals surface area contributed by atoms with Crippen LogP contribution < -0.4 is 0 Å². The van der Waals surface area contributed by atoms with Crippen LogP contribution >= 0.6 is 27.3 Å². The van der Waals surface area contributed by atoms with Crippen molar-refractivity contribution in [2.75, 3.05) is 13.2 Å². The topological polar surface area (TPSA) is 23.5 Å². The second-order valence-corrected chi connectivity index (χ2v) is 6.04. The number of nitrogens with zero attached hydrogens (tertiary/aromatic N) is 1. The Kier molecular flexibility index (Phi) is 5.09. The van der Waals surface area contributed by atoms with Crippen LogP contribution in [0.3, 0.4) is 0 Å². The lowest BCUT2D eigenvalue weighted by molar-refractivity contribution is 0.160. The van der Waals surface area contributed by atoms with Crippen molar-refractivity contribution in [2.24, 2.45) is 0 Å². The van der Waals surface area contributed by atoms with Crippen molar-refractivity contribution in [3.63, 3.8) is 0 Å². The van der Waals surface area contributed by atoms with E-state index in [0.717, 1.165) is 13.1 Å². The lowest BCUT2D eigenvalue weighted by Crippen LogP contribution is -2.32. The fourth-order valence-corrected chi connectivity index (χ4v) is 2.79. The van der Waals surface area contributed by atoms with Crippen molar-refractivity contribution in [1.29, 1.82) is 0 Å². The summed E-state index contributed by atoms with van der Waals surface area (Å²) >= 11 is 5.20. The Labute approximate surface area is 97.7 Å². The van der Waals surface area contributed by atoms with Crippen LogP contribution in [0.5, 0.6) is 0 Å². The third-order valence-corrected chi connectivity index (χ3v) is 3.71. The Bertz CT molecular complexity index is 275. The summed E-state index contributed by atoms with van der Waals surface area (Å²) in [5.41, 5.74) is 0. The molecule has 0 unspecified atom stereocenters. The van der Waals surface area contributed by atoms with Gasteiger partial charge < -0.3 is 5.11 Å². The van der Waals surface area contributed by atoms with Crippen LogP contribution in [0.1, 0.15) is 18.7 Å². The molecule has 1 aromatic rings. The van der Waals surface area contributed by atoms with Crippen molar-refractivity contribution < 1.29 is 5.11 Å². The highest BCUT2D eigenvalue weighted by Crippen LogP contribution is 2.23. The molecule has 0 saturated carbocycles. The second-order valence-electron chi connectivity index (χ2n) is 3.49. The number of rotatable bonds is 5. The van der Waals surface area contributed by atoms with E-state index < -0.39 is 0 Å². The summed E-state index contributed by atoms with van der Waals surface area (Å²) < 4.78 is 1.17. The first-order chi connectivity index (χ1) is 6.63. The molecular formula is C10H16BrNOS. The van der Waals surface area contributed by atoms with Crippen molar-refractivity contribution in [1.82, 2.24) is 4.90 Å². The first kappa shape index (κ1) is 12.2. The van der Waals surface area contributed by atoms with Gasteiger partial charge in [-0.05, 0) is 41.9 Å². The molecule has 0 fully saturated rings. The summed E-state index contributed by atoms with van der Waals surface area (Å²) in [6.45, 7) is 6.20. The zero-order valence-corrected chi connectivity index (χ0v) is 10.9. The van der Waals surface area contributed by atoms with E-state index >= 15 is 0 Å². The standard InChI is InChI=1S/C10H16BrNOS/c1-8(2)12(5-6-13)7-9-3-4-10(11)14-9/h3-4,8,13H,5-7H2,1-2H3. The molecule has 0 spiro atoms. The number of aliphatic hydroxyl groups is 1. The average molecular weight is 278 g/mol. The third-order valence-electron chi connectivity index (χ3n) is 2.11. The van der Waals surface area contributed by atoms with Crippen LogP contribution in [-0.4, -0.2) is 29.2 Å². The second kappa shape index (κ2) is 5.85. The summed E-state index contributed by atoms with van der Waals surface area (Å²) in [6, 6.07) is 4.67. The Morgan fingerprint density at radius 1 is 1.50 bits per heavy atom. The van der Waals surface area contributed by atoms with E-state index in [2.05, 4.69) is 46.8 Å². The van der Waals surface area contributed by atoms with Crippen LogP contribution in [0.2, 0.25) is 0 Å². The van der Waals surface area contributed by atoms with Crippen molar-refractivity contribution in [2.45, 2.75) is 26.4 Å². The highest BCUT2D eigenvalue weighted by Gasteiger charge is 2.10. The van der Waals surface area contributed by atoms with Crippen molar-refractivity contribution in [3.8, 4) is 0 Å². The van der Waals surface area contributed by atoms with Gasteiger partial charge in [-0.1, -0.05) is 0 Å². The molecule has 0 saturated heterocycles. The molecule has 1 heterocycles. The average Bonchev–Trinajstić information content (AvgIpc) is 2.50. The Hall–Kier alpha value is 0.1000. The molecule has 14 heavy (non-hydrogen) atoms. The van der Waals surface area contributed by atoms with E-state index in [9.17, 15) is 0 Å². The van der Waals surface area contributed by atoms with Gasteiger partial charge in [0.1, 0.15) is 0 Å². The molecular weight excluding hydrogens is 262 g/mol. The largest absolute Gasteiger partial charge is 0.395 e. The van der Waals surface area contributed by atoms with Gasteiger partial charge in [-0.25, -0.2) is 0 Å². The lowest BCUT2D eigenvalue weighted by Gasteiger charge is -2.24. The Balaban J connectivity index is 2.55. The minimum absolute atomic E-state index is 0.227. The van der Waals surface area contributed by atoms with Gasteiger partial charge in [0.15, 0.2) is 0 Å². The highest BCUT2D eigenvalue weighted by atomic mass is 79.9. The minimum Gasteiger partial charge on any atom is -0.395 e. The van der Waals surface area contributed by atoms with Gasteiger partial charge in [0, 0.05) is 24.0 Å². The van der Waals surface area contributed by atoms with E-state index in [0.29, 0.717) is 6.04 Å². The number of thiophene rings is 1. The van der Waals surface area contributed by atoms with Crippen LogP contribution in [0.25, 0.3) is 0 Å². The normalized spacial score (nSPS) is 11.6. The van der Waals surface area contributed by atoms with Gasteiger partial charge in [-0.3, -0.25) is 4.90 Å². The fourth-order valence-electron chi connectivity index (χ4n) is 1.29. The van der Waals surface area contributed by atoms with E-state index in [4.69, 9.17) is 5.11 Å².